The number of aromatic nitrogens is 2. The number of benzene rings is 4. The second kappa shape index (κ2) is 9.07. The van der Waals surface area contributed by atoms with Gasteiger partial charge in [0.1, 0.15) is 12.0 Å². The van der Waals surface area contributed by atoms with E-state index >= 15 is 0 Å². The van der Waals surface area contributed by atoms with Gasteiger partial charge in [0.2, 0.25) is 0 Å². The van der Waals surface area contributed by atoms with Crippen molar-refractivity contribution in [1.82, 2.24) is 15.4 Å². The number of amides is 1. The van der Waals surface area contributed by atoms with Crippen LogP contribution in [0.1, 0.15) is 17.3 Å². The molecule has 0 spiro atoms. The lowest BCUT2D eigenvalue weighted by Crippen LogP contribution is -2.31. The molecule has 5 aromatic rings. The van der Waals surface area contributed by atoms with E-state index in [1.807, 2.05) is 72.5 Å². The van der Waals surface area contributed by atoms with E-state index in [4.69, 9.17) is 5.73 Å². The summed E-state index contributed by atoms with van der Waals surface area (Å²) in [5, 5.41) is 4.09. The number of nitrogens with two attached hydrogens (primary N) is 1. The fourth-order valence-corrected chi connectivity index (χ4v) is 4.19. The van der Waals surface area contributed by atoms with E-state index in [1.54, 1.807) is 6.07 Å². The van der Waals surface area contributed by atoms with Crippen LogP contribution in [0.5, 0.6) is 0 Å². The van der Waals surface area contributed by atoms with E-state index in [0.29, 0.717) is 29.4 Å². The monoisotopic (exact) mass is 448 g/mol. The summed E-state index contributed by atoms with van der Waals surface area (Å²) in [5.74, 6) is 0.616. The minimum atomic E-state index is -0.280. The molecule has 1 aromatic heterocycles. The first kappa shape index (κ1) is 21.2. The van der Waals surface area contributed by atoms with Crippen LogP contribution in [-0.2, 0) is 0 Å². The number of nitrogen functional groups attached to an aromatic ring is 1. The summed E-state index contributed by atoms with van der Waals surface area (Å²) < 4.78 is 0. The van der Waals surface area contributed by atoms with Crippen molar-refractivity contribution in [2.75, 3.05) is 22.6 Å². The molecule has 1 amide bonds. The van der Waals surface area contributed by atoms with Crippen molar-refractivity contribution in [1.29, 1.82) is 0 Å². The van der Waals surface area contributed by atoms with Gasteiger partial charge < -0.3 is 10.6 Å². The van der Waals surface area contributed by atoms with Gasteiger partial charge in [0, 0.05) is 17.5 Å². The Bertz CT molecular complexity index is 1490. The zero-order valence-electron chi connectivity index (χ0n) is 18.7. The first-order chi connectivity index (χ1) is 16.7. The van der Waals surface area contributed by atoms with Crippen LogP contribution in [0.4, 0.5) is 23.0 Å². The molecule has 7 nitrogen and oxygen atoms in total. The molecular formula is C27H24N6O. The van der Waals surface area contributed by atoms with Crippen molar-refractivity contribution in [2.45, 2.75) is 6.92 Å². The second-order valence-corrected chi connectivity index (χ2v) is 7.81. The molecule has 1 heterocycles. The fourth-order valence-electron chi connectivity index (χ4n) is 4.19. The average Bonchev–Trinajstić information content (AvgIpc) is 2.89. The Morgan fingerprint density at radius 1 is 0.853 bits per heavy atom. The van der Waals surface area contributed by atoms with E-state index in [-0.39, 0.29) is 5.91 Å². The molecule has 0 aliphatic rings. The van der Waals surface area contributed by atoms with E-state index in [9.17, 15) is 4.79 Å². The van der Waals surface area contributed by atoms with Crippen molar-refractivity contribution >= 4 is 50.5 Å². The number of anilines is 4. The number of fused-ring (bicyclic) bond motifs is 2. The summed E-state index contributed by atoms with van der Waals surface area (Å²) in [5.41, 5.74) is 14.0. The summed E-state index contributed by atoms with van der Waals surface area (Å²) in [4.78, 5) is 23.7. The van der Waals surface area contributed by atoms with E-state index in [1.165, 1.54) is 6.33 Å². The molecule has 34 heavy (non-hydrogen) atoms. The number of carbonyl (C=O) groups is 1. The first-order valence-corrected chi connectivity index (χ1v) is 11.1. The molecule has 0 saturated carbocycles. The molecule has 0 aliphatic heterocycles. The molecule has 4 aromatic carbocycles. The van der Waals surface area contributed by atoms with Crippen LogP contribution in [-0.4, -0.2) is 22.4 Å². The number of hydrogen-bond acceptors (Lipinski definition) is 6. The van der Waals surface area contributed by atoms with E-state index in [0.717, 1.165) is 27.2 Å². The van der Waals surface area contributed by atoms with Crippen molar-refractivity contribution in [3.8, 4) is 0 Å². The standard InChI is InChI=1S/C27H24N6O/c1-2-33(23-16-8-12-19-10-4-6-14-21(19)23)26-24(28)25(29-17-30-26)31-32-27(34)22-15-7-11-18-9-3-5-13-20(18)22/h3-17H,2,28H2,1H3,(H,32,34)(H,29,30,31). The Labute approximate surface area is 197 Å². The number of rotatable bonds is 6. The van der Waals surface area contributed by atoms with Gasteiger partial charge in [-0.25, -0.2) is 9.97 Å². The Morgan fingerprint density at radius 2 is 1.50 bits per heavy atom. The van der Waals surface area contributed by atoms with Crippen LogP contribution in [0, 0.1) is 0 Å². The fraction of sp³-hybridized carbons (Fsp3) is 0.0741. The minimum absolute atomic E-state index is 0.280. The summed E-state index contributed by atoms with van der Waals surface area (Å²) in [6.07, 6.45) is 1.44. The van der Waals surface area contributed by atoms with Gasteiger partial charge in [0.25, 0.3) is 5.91 Å². The molecule has 5 rings (SSSR count). The third-order valence-electron chi connectivity index (χ3n) is 5.82. The Morgan fingerprint density at radius 3 is 2.26 bits per heavy atom. The lowest BCUT2D eigenvalue weighted by Gasteiger charge is -2.25. The highest BCUT2D eigenvalue weighted by Gasteiger charge is 2.18. The zero-order valence-corrected chi connectivity index (χ0v) is 18.7. The first-order valence-electron chi connectivity index (χ1n) is 11.1. The molecule has 168 valence electrons. The molecule has 0 saturated heterocycles. The van der Waals surface area contributed by atoms with Crippen LogP contribution in [0.25, 0.3) is 21.5 Å². The molecule has 0 aliphatic carbocycles. The molecule has 0 radical (unpaired) electrons. The van der Waals surface area contributed by atoms with Gasteiger partial charge >= 0.3 is 0 Å². The van der Waals surface area contributed by atoms with Gasteiger partial charge in [-0.1, -0.05) is 72.8 Å². The van der Waals surface area contributed by atoms with E-state index in [2.05, 4.69) is 39.0 Å². The van der Waals surface area contributed by atoms with Crippen molar-refractivity contribution in [2.24, 2.45) is 0 Å². The number of hydrazine groups is 1. The normalized spacial score (nSPS) is 10.9. The zero-order chi connectivity index (χ0) is 23.5. The maximum Gasteiger partial charge on any atom is 0.270 e. The topological polar surface area (TPSA) is 96.2 Å². The van der Waals surface area contributed by atoms with E-state index < -0.39 is 0 Å². The van der Waals surface area contributed by atoms with Gasteiger partial charge in [0.15, 0.2) is 11.6 Å². The summed E-state index contributed by atoms with van der Waals surface area (Å²) in [6, 6.07) is 27.7. The third kappa shape index (κ3) is 3.84. The van der Waals surface area contributed by atoms with Gasteiger partial charge in [-0.05, 0) is 35.2 Å². The molecule has 7 heteroatoms. The average molecular weight is 449 g/mol. The Balaban J connectivity index is 1.44. The van der Waals surface area contributed by atoms with Crippen LogP contribution in [0.2, 0.25) is 0 Å². The van der Waals surface area contributed by atoms with Crippen LogP contribution in [0.3, 0.4) is 0 Å². The Kier molecular flexibility index (Phi) is 5.66. The quantitative estimate of drug-likeness (QED) is 0.306. The molecule has 4 N–H and O–H groups in total. The number of hydrogen-bond donors (Lipinski definition) is 3. The lowest BCUT2D eigenvalue weighted by molar-refractivity contribution is 0.0964. The van der Waals surface area contributed by atoms with Gasteiger partial charge in [-0.3, -0.25) is 15.6 Å². The summed E-state index contributed by atoms with van der Waals surface area (Å²) >= 11 is 0. The number of carbonyl (C=O) groups excluding carboxylic acids is 1. The highest BCUT2D eigenvalue weighted by molar-refractivity contribution is 6.07. The highest BCUT2D eigenvalue weighted by atomic mass is 16.2. The van der Waals surface area contributed by atoms with Gasteiger partial charge in [0.05, 0.1) is 5.69 Å². The minimum Gasteiger partial charge on any atom is -0.393 e. The van der Waals surface area contributed by atoms with Gasteiger partial charge in [-0.2, -0.15) is 0 Å². The highest BCUT2D eigenvalue weighted by Crippen LogP contribution is 2.35. The van der Waals surface area contributed by atoms with Crippen molar-refractivity contribution in [3.05, 3.63) is 96.8 Å². The smallest absolute Gasteiger partial charge is 0.270 e. The number of nitrogens with zero attached hydrogens (tertiary/aromatic N) is 3. The molecule has 0 unspecified atom stereocenters. The maximum atomic E-state index is 12.9. The predicted octanol–water partition coefficient (Wildman–Crippen LogP) is 5.28. The molecular weight excluding hydrogens is 424 g/mol. The van der Waals surface area contributed by atoms with Gasteiger partial charge in [-0.15, -0.1) is 0 Å². The molecule has 0 atom stereocenters. The van der Waals surface area contributed by atoms with Crippen LogP contribution < -0.4 is 21.5 Å². The third-order valence-corrected chi connectivity index (χ3v) is 5.82. The molecule has 0 bridgehead atoms. The molecule has 0 fully saturated rings. The number of nitrogens with one attached hydrogen (secondary N) is 2. The maximum absolute atomic E-state index is 12.9. The second-order valence-electron chi connectivity index (χ2n) is 7.81. The summed E-state index contributed by atoms with van der Waals surface area (Å²) in [7, 11) is 0. The van der Waals surface area contributed by atoms with Crippen LogP contribution in [0.15, 0.2) is 91.3 Å². The predicted molar refractivity (Wildman–Crippen MR) is 138 cm³/mol. The lowest BCUT2D eigenvalue weighted by atomic mass is 10.0. The SMILES string of the molecule is CCN(c1ncnc(NNC(=O)c2cccc3ccccc23)c1N)c1cccc2ccccc12. The largest absolute Gasteiger partial charge is 0.393 e. The summed E-state index contributed by atoms with van der Waals surface area (Å²) in [6.45, 7) is 2.69. The van der Waals surface area contributed by atoms with Crippen molar-refractivity contribution < 1.29 is 4.79 Å². The van der Waals surface area contributed by atoms with Crippen molar-refractivity contribution in [3.63, 3.8) is 0 Å². The Hall–Kier alpha value is -4.65. The van der Waals surface area contributed by atoms with Crippen LogP contribution >= 0.6 is 0 Å².